The Hall–Kier alpha value is -6.60. The van der Waals surface area contributed by atoms with E-state index in [1.54, 1.807) is 12.1 Å². The number of rotatable bonds is 9. The number of hydrogen-bond donors (Lipinski definition) is 3. The Kier molecular flexibility index (Phi) is 12.3. The molecule has 5 aliphatic rings. The number of piperazine rings is 1. The zero-order valence-electron chi connectivity index (χ0n) is 37.7. The lowest BCUT2D eigenvalue weighted by molar-refractivity contribution is -0.120. The van der Waals surface area contributed by atoms with Crippen LogP contribution in [0.15, 0.2) is 61.1 Å². The van der Waals surface area contributed by atoms with Gasteiger partial charge in [-0.25, -0.2) is 23.5 Å². The molecule has 1 atom stereocenters. The number of ether oxygens (including phenoxy) is 1. The maximum Gasteiger partial charge on any atom is 0.328 e. The normalized spacial score (nSPS) is 22.2. The van der Waals surface area contributed by atoms with Crippen molar-refractivity contribution in [2.45, 2.75) is 76.0 Å². The summed E-state index contributed by atoms with van der Waals surface area (Å²) in [6, 6.07) is 12.0. The summed E-state index contributed by atoms with van der Waals surface area (Å²) in [5.41, 5.74) is 3.74. The van der Waals surface area contributed by atoms with E-state index in [4.69, 9.17) is 19.8 Å². The van der Waals surface area contributed by atoms with Crippen molar-refractivity contribution in [3.8, 4) is 16.9 Å². The SMILES string of the molecule is Cc1ccc(C(=O)N2CCN(C3COC4(CCN(c5ncc(-c6ccc7cn(C8CCC(CNC(=O)c9cc(F)c(O)c(F)c9F)CC8)nc7c6)cn5)CC4)C3)CC2)cc1N1CCC(=O)NC1=O. The Morgan fingerprint density at radius 3 is 2.37 bits per heavy atom. The maximum atomic E-state index is 14.2. The fraction of sp³-hybridized carbons (Fsp3) is 0.449. The number of anilines is 2. The quantitative estimate of drug-likeness (QED) is 0.145. The number of fused-ring (bicyclic) bond motifs is 1. The van der Waals surface area contributed by atoms with Gasteiger partial charge in [-0.05, 0) is 93.2 Å². The van der Waals surface area contributed by atoms with Crippen LogP contribution in [-0.4, -0.2) is 129 Å². The Balaban J connectivity index is 0.679. The highest BCUT2D eigenvalue weighted by molar-refractivity contribution is 6.06. The van der Waals surface area contributed by atoms with E-state index >= 15 is 0 Å². The molecule has 10 rings (SSSR count). The van der Waals surface area contributed by atoms with Crippen LogP contribution in [0, 0.1) is 30.3 Å². The van der Waals surface area contributed by atoms with Gasteiger partial charge in [0.05, 0.1) is 29.3 Å². The van der Waals surface area contributed by atoms with Crippen LogP contribution in [0.25, 0.3) is 22.0 Å². The molecule has 5 fully saturated rings. The third-order valence-electron chi connectivity index (χ3n) is 14.7. The number of aryl methyl sites for hydroxylation is 1. The molecule has 4 saturated heterocycles. The predicted molar refractivity (Wildman–Crippen MR) is 245 cm³/mol. The molecule has 1 aliphatic carbocycles. The molecule has 4 aliphatic heterocycles. The molecular formula is C49H53F3N10O6. The van der Waals surface area contributed by atoms with Crippen molar-refractivity contribution in [2.24, 2.45) is 5.92 Å². The largest absolute Gasteiger partial charge is 0.503 e. The third kappa shape index (κ3) is 8.96. The van der Waals surface area contributed by atoms with Gasteiger partial charge in [-0.3, -0.25) is 34.2 Å². The summed E-state index contributed by atoms with van der Waals surface area (Å²) in [5, 5.41) is 20.1. The van der Waals surface area contributed by atoms with Crippen molar-refractivity contribution in [1.29, 1.82) is 0 Å². The summed E-state index contributed by atoms with van der Waals surface area (Å²) >= 11 is 0. The number of benzene rings is 3. The van der Waals surface area contributed by atoms with Gasteiger partial charge >= 0.3 is 6.03 Å². The molecular weight excluding hydrogens is 882 g/mol. The van der Waals surface area contributed by atoms with E-state index in [-0.39, 0.29) is 54.9 Å². The molecule has 1 saturated carbocycles. The second-order valence-electron chi connectivity index (χ2n) is 18.8. The Labute approximate surface area is 390 Å². The van der Waals surface area contributed by atoms with Crippen LogP contribution in [0.5, 0.6) is 5.75 Å². The van der Waals surface area contributed by atoms with Crippen molar-refractivity contribution < 1.29 is 42.2 Å². The summed E-state index contributed by atoms with van der Waals surface area (Å²) in [6.45, 7) is 7.34. The van der Waals surface area contributed by atoms with Gasteiger partial charge in [0, 0.05) is 106 Å². The van der Waals surface area contributed by atoms with Crippen molar-refractivity contribution in [2.75, 3.05) is 68.8 Å². The van der Waals surface area contributed by atoms with Crippen LogP contribution >= 0.6 is 0 Å². The molecule has 3 aromatic carbocycles. The van der Waals surface area contributed by atoms with Crippen molar-refractivity contribution in [3.63, 3.8) is 0 Å². The van der Waals surface area contributed by atoms with Crippen molar-refractivity contribution in [3.05, 3.63) is 95.2 Å². The number of carbonyl (C=O) groups is 4. The van der Waals surface area contributed by atoms with Gasteiger partial charge in [-0.1, -0.05) is 18.2 Å². The number of piperidine rings is 1. The number of amides is 5. The number of phenolic OH excluding ortho intramolecular Hbond substituents is 1. The second-order valence-corrected chi connectivity index (χ2v) is 18.8. The van der Waals surface area contributed by atoms with E-state index < -0.39 is 40.7 Å². The fourth-order valence-corrected chi connectivity index (χ4v) is 10.5. The van der Waals surface area contributed by atoms with Crippen LogP contribution in [0.4, 0.5) is 29.6 Å². The van der Waals surface area contributed by atoms with Gasteiger partial charge in [0.25, 0.3) is 11.8 Å². The molecule has 16 nitrogen and oxygen atoms in total. The standard InChI is InChI=1S/C49H53F3N10O6/c1-29-2-5-32(21-40(29)61-13-10-41(63)56-48(61)67)46(66)59-18-16-58(17-19-59)36-23-49(68-28-36)11-14-60(15-12-49)47-54-25-34(26-55-47)31-6-7-33-27-62(57-39(33)20-31)35-8-3-30(4-9-35)24-53-45(65)37-22-38(50)44(64)43(52)42(37)51/h2,5-7,20-22,25-27,30,35-36,64H,3-4,8-19,23-24,28H2,1H3,(H,53,65)(H,56,63,67). The first kappa shape index (κ1) is 45.2. The molecule has 19 heteroatoms. The maximum absolute atomic E-state index is 14.2. The average molecular weight is 935 g/mol. The molecule has 0 radical (unpaired) electrons. The lowest BCUT2D eigenvalue weighted by Crippen LogP contribution is -2.53. The molecule has 1 unspecified atom stereocenters. The van der Waals surface area contributed by atoms with E-state index in [2.05, 4.69) is 20.4 Å². The highest BCUT2D eigenvalue weighted by Gasteiger charge is 2.45. The van der Waals surface area contributed by atoms with Gasteiger partial charge in [0.1, 0.15) is 0 Å². The van der Waals surface area contributed by atoms with Gasteiger partial charge in [0.15, 0.2) is 17.4 Å². The predicted octanol–water partition coefficient (Wildman–Crippen LogP) is 6.12. The van der Waals surface area contributed by atoms with Gasteiger partial charge in [-0.15, -0.1) is 0 Å². The summed E-state index contributed by atoms with van der Waals surface area (Å²) in [4.78, 5) is 68.0. The van der Waals surface area contributed by atoms with E-state index in [0.717, 1.165) is 98.7 Å². The molecule has 3 N–H and O–H groups in total. The number of aromatic nitrogens is 4. The van der Waals surface area contributed by atoms with Crippen LogP contribution < -0.4 is 20.4 Å². The van der Waals surface area contributed by atoms with Gasteiger partial charge < -0.3 is 25.0 Å². The van der Waals surface area contributed by atoms with Crippen LogP contribution in [0.2, 0.25) is 0 Å². The molecule has 356 valence electrons. The summed E-state index contributed by atoms with van der Waals surface area (Å²) in [5.74, 6) is -6.73. The van der Waals surface area contributed by atoms with Gasteiger partial charge in [-0.2, -0.15) is 9.49 Å². The second kappa shape index (κ2) is 18.5. The first-order chi connectivity index (χ1) is 32.8. The van der Waals surface area contributed by atoms with Crippen LogP contribution in [0.3, 0.4) is 0 Å². The topological polar surface area (TPSA) is 178 Å². The minimum absolute atomic E-state index is 0.0658. The van der Waals surface area contributed by atoms with Gasteiger partial charge in [0.2, 0.25) is 17.7 Å². The molecule has 6 heterocycles. The van der Waals surface area contributed by atoms with Crippen LogP contribution in [-0.2, 0) is 9.53 Å². The lowest BCUT2D eigenvalue weighted by atomic mass is 9.86. The first-order valence-electron chi connectivity index (χ1n) is 23.4. The Bertz CT molecular complexity index is 2770. The molecule has 2 aromatic heterocycles. The molecule has 68 heavy (non-hydrogen) atoms. The van der Waals surface area contributed by atoms with E-state index in [1.165, 1.54) is 4.90 Å². The smallest absolute Gasteiger partial charge is 0.328 e. The summed E-state index contributed by atoms with van der Waals surface area (Å²) in [7, 11) is 0. The minimum atomic E-state index is -1.79. The minimum Gasteiger partial charge on any atom is -0.503 e. The number of nitrogens with one attached hydrogen (secondary N) is 2. The van der Waals surface area contributed by atoms with Crippen LogP contribution in [0.1, 0.15) is 83.7 Å². The van der Waals surface area contributed by atoms with Crippen molar-refractivity contribution >= 4 is 46.3 Å². The number of phenols is 1. The number of aromatic hydroxyl groups is 1. The molecule has 5 aromatic rings. The Morgan fingerprint density at radius 1 is 0.882 bits per heavy atom. The number of nitrogens with zero attached hydrogens (tertiary/aromatic N) is 8. The molecule has 1 spiro atoms. The zero-order valence-corrected chi connectivity index (χ0v) is 37.7. The van der Waals surface area contributed by atoms with Crippen molar-refractivity contribution in [1.82, 2.24) is 40.2 Å². The number of halogens is 3. The highest BCUT2D eigenvalue weighted by atomic mass is 19.2. The number of carbonyl (C=O) groups excluding carboxylic acids is 4. The summed E-state index contributed by atoms with van der Waals surface area (Å²) < 4.78 is 50.3. The van der Waals surface area contributed by atoms with E-state index in [1.807, 2.05) is 59.4 Å². The average Bonchev–Trinajstić information content (AvgIpc) is 3.99. The lowest BCUT2D eigenvalue weighted by Gasteiger charge is -2.40. The number of urea groups is 1. The molecule has 5 amide bonds. The van der Waals surface area contributed by atoms with E-state index in [9.17, 15) is 37.5 Å². The Morgan fingerprint density at radius 2 is 1.63 bits per heavy atom. The van der Waals surface area contributed by atoms with E-state index in [0.29, 0.717) is 43.0 Å². The number of hydrogen-bond acceptors (Lipinski definition) is 11. The fourth-order valence-electron chi connectivity index (χ4n) is 10.5. The first-order valence-corrected chi connectivity index (χ1v) is 23.4. The highest BCUT2D eigenvalue weighted by Crippen LogP contribution is 2.39. The summed E-state index contributed by atoms with van der Waals surface area (Å²) in [6.07, 6.45) is 11.8. The third-order valence-corrected chi connectivity index (χ3v) is 14.7. The molecule has 0 bridgehead atoms. The monoisotopic (exact) mass is 934 g/mol. The zero-order chi connectivity index (χ0) is 47.3. The number of imide groups is 1.